The van der Waals surface area contributed by atoms with Gasteiger partial charge in [-0.2, -0.15) is 0 Å². The second-order valence-corrected chi connectivity index (χ2v) is 11.8. The van der Waals surface area contributed by atoms with Gasteiger partial charge in [-0.15, -0.1) is 0 Å². The van der Waals surface area contributed by atoms with Crippen molar-refractivity contribution in [3.63, 3.8) is 0 Å². The van der Waals surface area contributed by atoms with Gasteiger partial charge in [0.2, 0.25) is 21.8 Å². The van der Waals surface area contributed by atoms with Gasteiger partial charge in [-0.1, -0.05) is 26.0 Å². The van der Waals surface area contributed by atoms with Crippen LogP contribution in [0.15, 0.2) is 42.5 Å². The molecule has 0 spiro atoms. The van der Waals surface area contributed by atoms with Crippen molar-refractivity contribution in [3.05, 3.63) is 48.0 Å². The molecule has 2 amide bonds. The molecule has 0 unspecified atom stereocenters. The fraction of sp³-hybridized carbons (Fsp3) is 0.517. The molecule has 0 aliphatic carbocycles. The molecule has 1 aliphatic heterocycles. The minimum Gasteiger partial charge on any atom is -0.497 e. The van der Waals surface area contributed by atoms with Crippen LogP contribution in [-0.4, -0.2) is 70.3 Å². The quantitative estimate of drug-likeness (QED) is 0.365. The normalized spacial score (nSPS) is 14.1. The number of ether oxygens (including phenoxy) is 3. The van der Waals surface area contributed by atoms with Gasteiger partial charge in [0.25, 0.3) is 0 Å². The van der Waals surface area contributed by atoms with E-state index in [-0.39, 0.29) is 43.8 Å². The summed E-state index contributed by atoms with van der Waals surface area (Å²) in [5.74, 6) is 1.32. The van der Waals surface area contributed by atoms with Crippen LogP contribution in [-0.2, 0) is 26.2 Å². The molecule has 3 rings (SSSR count). The van der Waals surface area contributed by atoms with Gasteiger partial charge in [-0.3, -0.25) is 13.9 Å². The Kier molecular flexibility index (Phi) is 11.1. The van der Waals surface area contributed by atoms with Crippen LogP contribution in [0.3, 0.4) is 0 Å². The molecule has 220 valence electrons. The highest BCUT2D eigenvalue weighted by Gasteiger charge is 2.29. The van der Waals surface area contributed by atoms with Gasteiger partial charge in [0.15, 0.2) is 11.5 Å². The van der Waals surface area contributed by atoms with Crippen molar-refractivity contribution in [2.75, 3.05) is 37.4 Å². The van der Waals surface area contributed by atoms with Gasteiger partial charge in [-0.25, -0.2) is 8.42 Å². The van der Waals surface area contributed by atoms with Crippen molar-refractivity contribution in [1.29, 1.82) is 0 Å². The van der Waals surface area contributed by atoms with E-state index in [1.54, 1.807) is 30.2 Å². The van der Waals surface area contributed by atoms with E-state index < -0.39 is 16.1 Å². The van der Waals surface area contributed by atoms with Crippen molar-refractivity contribution in [3.8, 4) is 17.2 Å². The van der Waals surface area contributed by atoms with Gasteiger partial charge in [0.1, 0.15) is 25.0 Å². The van der Waals surface area contributed by atoms with E-state index in [9.17, 15) is 18.0 Å². The van der Waals surface area contributed by atoms with Gasteiger partial charge >= 0.3 is 0 Å². The highest BCUT2D eigenvalue weighted by molar-refractivity contribution is 7.92. The van der Waals surface area contributed by atoms with Crippen LogP contribution < -0.4 is 23.8 Å². The molecule has 11 heteroatoms. The Balaban J connectivity index is 1.77. The Morgan fingerprint density at radius 2 is 1.70 bits per heavy atom. The number of carbonyl (C=O) groups is 2. The van der Waals surface area contributed by atoms with Crippen molar-refractivity contribution in [1.82, 2.24) is 10.2 Å². The van der Waals surface area contributed by atoms with Crippen LogP contribution in [0.1, 0.15) is 52.0 Å². The molecule has 2 atom stereocenters. The molecule has 0 radical (unpaired) electrons. The summed E-state index contributed by atoms with van der Waals surface area (Å²) in [5.41, 5.74) is 1.30. The number of methoxy groups -OCH3 is 1. The molecule has 1 heterocycles. The summed E-state index contributed by atoms with van der Waals surface area (Å²) < 4.78 is 43.0. The van der Waals surface area contributed by atoms with Crippen molar-refractivity contribution >= 4 is 27.5 Å². The third kappa shape index (κ3) is 8.27. The topological polar surface area (TPSA) is 114 Å². The average molecular weight is 576 g/mol. The van der Waals surface area contributed by atoms with E-state index in [4.69, 9.17) is 14.2 Å². The molecule has 40 heavy (non-hydrogen) atoms. The Bertz CT molecular complexity index is 1250. The van der Waals surface area contributed by atoms with Crippen molar-refractivity contribution < 1.29 is 32.2 Å². The number of nitrogens with zero attached hydrogens (tertiary/aromatic N) is 2. The van der Waals surface area contributed by atoms with E-state index >= 15 is 0 Å². The highest BCUT2D eigenvalue weighted by Crippen LogP contribution is 2.34. The molecule has 0 fully saturated rings. The first kappa shape index (κ1) is 31.1. The van der Waals surface area contributed by atoms with Crippen LogP contribution in [0.25, 0.3) is 0 Å². The van der Waals surface area contributed by atoms with Gasteiger partial charge in [0, 0.05) is 31.6 Å². The molecular formula is C29H41N3O7S. The lowest BCUT2D eigenvalue weighted by Crippen LogP contribution is -2.50. The molecule has 1 aliphatic rings. The summed E-state index contributed by atoms with van der Waals surface area (Å²) in [5, 5.41) is 3.00. The van der Waals surface area contributed by atoms with E-state index in [0.717, 1.165) is 18.2 Å². The van der Waals surface area contributed by atoms with E-state index in [1.807, 2.05) is 45.0 Å². The lowest BCUT2D eigenvalue weighted by atomic mass is 10.1. The first-order chi connectivity index (χ1) is 19.1. The number of sulfonamides is 1. The van der Waals surface area contributed by atoms with Crippen molar-refractivity contribution in [2.45, 2.75) is 65.1 Å². The fourth-order valence-corrected chi connectivity index (χ4v) is 5.44. The maximum Gasteiger partial charge on any atom is 0.243 e. The zero-order valence-electron chi connectivity index (χ0n) is 24.0. The maximum atomic E-state index is 13.6. The van der Waals surface area contributed by atoms with Crippen LogP contribution in [0.4, 0.5) is 5.69 Å². The smallest absolute Gasteiger partial charge is 0.243 e. The first-order valence-electron chi connectivity index (χ1n) is 13.7. The summed E-state index contributed by atoms with van der Waals surface area (Å²) in [7, 11) is -2.05. The third-order valence-electron chi connectivity index (χ3n) is 6.86. The van der Waals surface area contributed by atoms with Crippen LogP contribution in [0, 0.1) is 0 Å². The number of carbonyl (C=O) groups excluding carboxylic acids is 2. The fourth-order valence-electron chi connectivity index (χ4n) is 4.48. The Morgan fingerprint density at radius 1 is 1.02 bits per heavy atom. The lowest BCUT2D eigenvalue weighted by molar-refractivity contribution is -0.141. The highest BCUT2D eigenvalue weighted by atomic mass is 32.2. The molecule has 0 aromatic heterocycles. The predicted octanol–water partition coefficient (Wildman–Crippen LogP) is 3.73. The molecule has 0 saturated heterocycles. The second kappa shape index (κ2) is 14.2. The molecular weight excluding hydrogens is 534 g/mol. The summed E-state index contributed by atoms with van der Waals surface area (Å²) >= 11 is 0. The van der Waals surface area contributed by atoms with E-state index in [0.29, 0.717) is 42.6 Å². The number of nitrogens with one attached hydrogen (secondary N) is 1. The molecule has 0 saturated carbocycles. The number of amides is 2. The number of rotatable bonds is 14. The number of anilines is 1. The summed E-state index contributed by atoms with van der Waals surface area (Å²) in [4.78, 5) is 28.4. The van der Waals surface area contributed by atoms with Gasteiger partial charge < -0.3 is 24.4 Å². The monoisotopic (exact) mass is 575 g/mol. The number of fused-ring (bicyclic) bond motifs is 1. The zero-order chi connectivity index (χ0) is 29.3. The molecule has 0 bridgehead atoms. The molecule has 2 aromatic carbocycles. The average Bonchev–Trinajstić information content (AvgIpc) is 2.94. The standard InChI is InChI=1S/C29H41N3O7S/c1-6-21(3)30-29(34)25(7-2)31(20-22-10-13-24(37-4)14-11-22)28(33)9-8-16-32(40(5,35)36)23-12-15-26-27(19-23)39-18-17-38-26/h10-15,19,21,25H,6-9,16-18,20H2,1-5H3,(H,30,34)/t21-,25-/m1/s1. The number of hydrogen-bond donors (Lipinski definition) is 1. The lowest BCUT2D eigenvalue weighted by Gasteiger charge is -2.32. The summed E-state index contributed by atoms with van der Waals surface area (Å²) in [6, 6.07) is 11.7. The number of hydrogen-bond acceptors (Lipinski definition) is 7. The van der Waals surface area contributed by atoms with Gasteiger partial charge in [-0.05, 0) is 56.0 Å². The molecule has 1 N–H and O–H groups in total. The molecule has 10 nitrogen and oxygen atoms in total. The first-order valence-corrected chi connectivity index (χ1v) is 15.5. The SMILES string of the molecule is CC[C@@H](C)NC(=O)[C@@H](CC)N(Cc1ccc(OC)cc1)C(=O)CCCN(c1ccc2c(c1)OCCO2)S(C)(=O)=O. The summed E-state index contributed by atoms with van der Waals surface area (Å²) in [6.45, 7) is 6.95. The minimum absolute atomic E-state index is 0.0196. The molecule has 2 aromatic rings. The predicted molar refractivity (Wildman–Crippen MR) is 154 cm³/mol. The van der Waals surface area contributed by atoms with Crippen molar-refractivity contribution in [2.24, 2.45) is 0 Å². The van der Waals surface area contributed by atoms with Gasteiger partial charge in [0.05, 0.1) is 19.1 Å². The maximum absolute atomic E-state index is 13.6. The third-order valence-corrected chi connectivity index (χ3v) is 8.06. The Labute approximate surface area is 237 Å². The van der Waals surface area contributed by atoms with E-state index in [2.05, 4.69) is 5.32 Å². The van der Waals surface area contributed by atoms with E-state index in [1.165, 1.54) is 4.31 Å². The number of benzene rings is 2. The van der Waals surface area contributed by atoms with Crippen LogP contribution in [0.2, 0.25) is 0 Å². The zero-order valence-corrected chi connectivity index (χ0v) is 24.8. The second-order valence-electron chi connectivity index (χ2n) is 9.88. The Hall–Kier alpha value is -3.47. The minimum atomic E-state index is -3.63. The largest absolute Gasteiger partial charge is 0.497 e. The summed E-state index contributed by atoms with van der Waals surface area (Å²) in [6.07, 6.45) is 2.68. The van der Waals surface area contributed by atoms with Crippen LogP contribution >= 0.6 is 0 Å². The van der Waals surface area contributed by atoms with Crippen LogP contribution in [0.5, 0.6) is 17.2 Å². The Morgan fingerprint density at radius 3 is 2.30 bits per heavy atom.